The first kappa shape index (κ1) is 9.64. The van der Waals surface area contributed by atoms with Gasteiger partial charge in [-0.15, -0.1) is 0 Å². The van der Waals surface area contributed by atoms with Crippen molar-refractivity contribution in [1.82, 2.24) is 4.90 Å². The van der Waals surface area contributed by atoms with Crippen LogP contribution in [-0.4, -0.2) is 35.8 Å². The summed E-state index contributed by atoms with van der Waals surface area (Å²) in [5.41, 5.74) is 1.46. The van der Waals surface area contributed by atoms with Crippen LogP contribution in [0, 0.1) is 5.92 Å². The smallest absolute Gasteiger partial charge is 0.145 e. The Kier molecular flexibility index (Phi) is 2.23. The summed E-state index contributed by atoms with van der Waals surface area (Å²) in [5, 5.41) is 4.32. The molecule has 2 heterocycles. The minimum atomic E-state index is 0.101. The van der Waals surface area contributed by atoms with Crippen LogP contribution in [0.3, 0.4) is 0 Å². The molecule has 0 aromatic rings. The zero-order valence-corrected chi connectivity index (χ0v) is 9.54. The lowest BCUT2D eigenvalue weighted by atomic mass is 9.86. The zero-order valence-electron chi connectivity index (χ0n) is 9.54. The Bertz CT molecular complexity index is 275. The van der Waals surface area contributed by atoms with Gasteiger partial charge in [0.15, 0.2) is 0 Å². The molecule has 3 nitrogen and oxygen atoms in total. The van der Waals surface area contributed by atoms with Crippen molar-refractivity contribution in [3.63, 3.8) is 0 Å². The maximum Gasteiger partial charge on any atom is 0.145 e. The highest BCUT2D eigenvalue weighted by Crippen LogP contribution is 2.41. The molecule has 0 radical (unpaired) electrons. The van der Waals surface area contributed by atoms with E-state index in [9.17, 15) is 0 Å². The third-order valence-electron chi connectivity index (χ3n) is 4.12. The molecule has 2 aliphatic heterocycles. The molecule has 0 aromatic heterocycles. The van der Waals surface area contributed by atoms with E-state index in [-0.39, 0.29) is 5.60 Å². The summed E-state index contributed by atoms with van der Waals surface area (Å²) in [6.45, 7) is 5.78. The molecule has 0 atom stereocenters. The summed E-state index contributed by atoms with van der Waals surface area (Å²) >= 11 is 0. The van der Waals surface area contributed by atoms with Crippen LogP contribution < -0.4 is 0 Å². The Morgan fingerprint density at radius 1 is 1.40 bits per heavy atom. The van der Waals surface area contributed by atoms with Gasteiger partial charge < -0.3 is 9.74 Å². The van der Waals surface area contributed by atoms with Gasteiger partial charge in [-0.3, -0.25) is 0 Å². The molecule has 3 rings (SSSR count). The van der Waals surface area contributed by atoms with E-state index >= 15 is 0 Å². The molecule has 1 aliphatic carbocycles. The first-order valence-corrected chi connectivity index (χ1v) is 6.29. The lowest BCUT2D eigenvalue weighted by molar-refractivity contribution is -0.0606. The van der Waals surface area contributed by atoms with E-state index in [0.717, 1.165) is 12.3 Å². The average Bonchev–Trinajstić information content (AvgIpc) is 3.04. The van der Waals surface area contributed by atoms with Crippen molar-refractivity contribution in [2.45, 2.75) is 44.6 Å². The van der Waals surface area contributed by atoms with Crippen LogP contribution in [0.5, 0.6) is 0 Å². The number of nitrogens with zero attached hydrogens (tertiary/aromatic N) is 2. The van der Waals surface area contributed by atoms with Crippen LogP contribution in [0.4, 0.5) is 0 Å². The molecule has 3 heteroatoms. The van der Waals surface area contributed by atoms with Crippen molar-refractivity contribution in [3.8, 4) is 0 Å². The number of hydrogen-bond acceptors (Lipinski definition) is 3. The van der Waals surface area contributed by atoms with Crippen LogP contribution in [0.2, 0.25) is 0 Å². The van der Waals surface area contributed by atoms with Gasteiger partial charge in [0, 0.05) is 38.3 Å². The quantitative estimate of drug-likeness (QED) is 0.693. The molecule has 0 amide bonds. The third kappa shape index (κ3) is 1.78. The van der Waals surface area contributed by atoms with Gasteiger partial charge in [-0.1, -0.05) is 12.1 Å². The first-order valence-electron chi connectivity index (χ1n) is 6.29. The standard InChI is InChI=1S/C12H20N2O/c1-2-14-7-5-12(6-8-14)9-11(13-15-12)10-3-4-10/h10H,2-9H2,1H3. The Morgan fingerprint density at radius 3 is 2.73 bits per heavy atom. The largest absolute Gasteiger partial charge is 0.389 e. The zero-order chi connectivity index (χ0) is 10.3. The van der Waals surface area contributed by atoms with Gasteiger partial charge in [0.05, 0.1) is 5.71 Å². The van der Waals surface area contributed by atoms with Crippen LogP contribution in [0.25, 0.3) is 0 Å². The van der Waals surface area contributed by atoms with Crippen molar-refractivity contribution >= 4 is 5.71 Å². The van der Waals surface area contributed by atoms with Crippen LogP contribution in [-0.2, 0) is 4.84 Å². The normalized spacial score (nSPS) is 30.3. The highest BCUT2D eigenvalue weighted by atomic mass is 16.7. The number of likely N-dealkylation sites (tertiary alicyclic amines) is 1. The van der Waals surface area contributed by atoms with E-state index in [0.29, 0.717) is 0 Å². The molecule has 0 bridgehead atoms. The summed E-state index contributed by atoms with van der Waals surface area (Å²) < 4.78 is 0. The van der Waals surface area contributed by atoms with Crippen molar-refractivity contribution in [2.75, 3.05) is 19.6 Å². The molecular formula is C12H20N2O. The fraction of sp³-hybridized carbons (Fsp3) is 0.917. The highest BCUT2D eigenvalue weighted by Gasteiger charge is 2.45. The molecule has 0 N–H and O–H groups in total. The van der Waals surface area contributed by atoms with Crippen LogP contribution in [0.15, 0.2) is 5.16 Å². The van der Waals surface area contributed by atoms with Crippen LogP contribution >= 0.6 is 0 Å². The summed E-state index contributed by atoms with van der Waals surface area (Å²) in [6, 6.07) is 0. The maximum atomic E-state index is 5.75. The van der Waals surface area contributed by atoms with Gasteiger partial charge in [0.1, 0.15) is 5.60 Å². The molecule has 2 fully saturated rings. The van der Waals surface area contributed by atoms with E-state index in [1.807, 2.05) is 0 Å². The molecule has 0 unspecified atom stereocenters. The SMILES string of the molecule is CCN1CCC2(CC1)CC(C1CC1)=NO2. The molecule has 0 aromatic carbocycles. The Morgan fingerprint density at radius 2 is 2.13 bits per heavy atom. The second-order valence-electron chi connectivity index (χ2n) is 5.24. The lowest BCUT2D eigenvalue weighted by Crippen LogP contribution is -2.44. The van der Waals surface area contributed by atoms with Gasteiger partial charge in [-0.2, -0.15) is 0 Å². The summed E-state index contributed by atoms with van der Waals surface area (Å²) in [5.74, 6) is 0.786. The van der Waals surface area contributed by atoms with E-state index in [1.165, 1.54) is 51.0 Å². The molecule has 1 saturated heterocycles. The van der Waals surface area contributed by atoms with E-state index in [1.54, 1.807) is 0 Å². The second kappa shape index (κ2) is 3.48. The second-order valence-corrected chi connectivity index (χ2v) is 5.24. The number of oxime groups is 1. The number of rotatable bonds is 2. The van der Waals surface area contributed by atoms with Crippen molar-refractivity contribution < 1.29 is 4.84 Å². The topological polar surface area (TPSA) is 24.8 Å². The molecule has 3 aliphatic rings. The van der Waals surface area contributed by atoms with Gasteiger partial charge in [-0.05, 0) is 19.4 Å². The van der Waals surface area contributed by atoms with Crippen molar-refractivity contribution in [1.29, 1.82) is 0 Å². The molecule has 1 saturated carbocycles. The Balaban J connectivity index is 1.59. The van der Waals surface area contributed by atoms with Crippen molar-refractivity contribution in [3.05, 3.63) is 0 Å². The fourth-order valence-electron chi connectivity index (χ4n) is 2.73. The minimum Gasteiger partial charge on any atom is -0.389 e. The highest BCUT2D eigenvalue weighted by molar-refractivity contribution is 5.90. The fourth-order valence-corrected chi connectivity index (χ4v) is 2.73. The van der Waals surface area contributed by atoms with Gasteiger partial charge in [0.2, 0.25) is 0 Å². The van der Waals surface area contributed by atoms with Gasteiger partial charge >= 0.3 is 0 Å². The first-order chi connectivity index (χ1) is 7.31. The molecule has 1 spiro atoms. The average molecular weight is 208 g/mol. The van der Waals surface area contributed by atoms with E-state index < -0.39 is 0 Å². The predicted molar refractivity (Wildman–Crippen MR) is 59.9 cm³/mol. The summed E-state index contributed by atoms with van der Waals surface area (Å²) in [6.07, 6.45) is 6.15. The lowest BCUT2D eigenvalue weighted by Gasteiger charge is -2.36. The Labute approximate surface area is 91.5 Å². The Hall–Kier alpha value is -0.570. The molecular weight excluding hydrogens is 188 g/mol. The third-order valence-corrected chi connectivity index (χ3v) is 4.12. The minimum absolute atomic E-state index is 0.101. The van der Waals surface area contributed by atoms with E-state index in [4.69, 9.17) is 4.84 Å². The van der Waals surface area contributed by atoms with E-state index in [2.05, 4.69) is 17.0 Å². The van der Waals surface area contributed by atoms with Gasteiger partial charge in [-0.25, -0.2) is 0 Å². The molecule has 15 heavy (non-hydrogen) atoms. The number of hydrogen-bond donors (Lipinski definition) is 0. The predicted octanol–water partition coefficient (Wildman–Crippen LogP) is 2.03. The monoisotopic (exact) mass is 208 g/mol. The van der Waals surface area contributed by atoms with Crippen molar-refractivity contribution in [2.24, 2.45) is 11.1 Å². The van der Waals surface area contributed by atoms with Gasteiger partial charge in [0.25, 0.3) is 0 Å². The number of piperidine rings is 1. The molecule has 84 valence electrons. The van der Waals surface area contributed by atoms with Crippen LogP contribution in [0.1, 0.15) is 39.0 Å². The summed E-state index contributed by atoms with van der Waals surface area (Å²) in [4.78, 5) is 8.25. The summed E-state index contributed by atoms with van der Waals surface area (Å²) in [7, 11) is 0. The maximum absolute atomic E-state index is 5.75.